The first kappa shape index (κ1) is 16.2. The smallest absolute Gasteiger partial charge is 0.355 e. The van der Waals surface area contributed by atoms with E-state index in [1.165, 1.54) is 0 Å². The quantitative estimate of drug-likeness (QED) is 0.570. The minimum Gasteiger partial charge on any atom is -0.481 e. The van der Waals surface area contributed by atoms with Gasteiger partial charge in [0, 0.05) is 11.3 Å². The zero-order valence-corrected chi connectivity index (χ0v) is 11.6. The summed E-state index contributed by atoms with van der Waals surface area (Å²) in [5, 5.41) is 28.3. The summed E-state index contributed by atoms with van der Waals surface area (Å²) in [7, 11) is 0. The van der Waals surface area contributed by atoms with Crippen LogP contribution >= 0.6 is 0 Å². The summed E-state index contributed by atoms with van der Waals surface area (Å²) in [6.45, 7) is 5.12. The van der Waals surface area contributed by atoms with Crippen LogP contribution in [0.1, 0.15) is 46.8 Å². The van der Waals surface area contributed by atoms with Crippen molar-refractivity contribution in [1.29, 1.82) is 0 Å². The lowest BCUT2D eigenvalue weighted by molar-refractivity contribution is -0.141. The lowest BCUT2D eigenvalue weighted by Gasteiger charge is -2.17. The molecule has 7 nitrogen and oxygen atoms in total. The van der Waals surface area contributed by atoms with Crippen LogP contribution in [0.3, 0.4) is 0 Å². The Kier molecular flexibility index (Phi) is 5.29. The number of rotatable bonds is 6. The van der Waals surface area contributed by atoms with E-state index in [1.54, 1.807) is 20.8 Å². The van der Waals surface area contributed by atoms with Crippen LogP contribution in [0.4, 0.5) is 0 Å². The molecule has 1 aromatic rings. The van der Waals surface area contributed by atoms with Crippen molar-refractivity contribution in [2.24, 2.45) is 0 Å². The molecule has 20 heavy (non-hydrogen) atoms. The molecule has 0 bridgehead atoms. The summed E-state index contributed by atoms with van der Waals surface area (Å²) in [6.07, 6.45) is -3.42. The number of carbonyl (C=O) groups excluding carboxylic acids is 1. The Morgan fingerprint density at radius 2 is 1.90 bits per heavy atom. The van der Waals surface area contributed by atoms with Crippen LogP contribution in [0.15, 0.2) is 0 Å². The molecule has 0 fully saturated rings. The average molecular weight is 285 g/mol. The number of aromatic amines is 1. The van der Waals surface area contributed by atoms with E-state index in [2.05, 4.69) is 4.98 Å². The average Bonchev–Trinajstić information content (AvgIpc) is 2.63. The fourth-order valence-electron chi connectivity index (χ4n) is 2.10. The molecule has 0 aromatic carbocycles. The highest BCUT2D eigenvalue weighted by atomic mass is 16.5. The summed E-state index contributed by atoms with van der Waals surface area (Å²) >= 11 is 0. The molecule has 7 heteroatoms. The molecule has 0 aliphatic carbocycles. The maximum atomic E-state index is 11.7. The Balaban J connectivity index is 3.07. The molecule has 2 atom stereocenters. The summed E-state index contributed by atoms with van der Waals surface area (Å²) in [5.74, 6) is -1.77. The second kappa shape index (κ2) is 6.53. The summed E-state index contributed by atoms with van der Waals surface area (Å²) in [6, 6.07) is 0. The van der Waals surface area contributed by atoms with Crippen LogP contribution in [-0.2, 0) is 9.53 Å². The van der Waals surface area contributed by atoms with E-state index in [9.17, 15) is 19.8 Å². The number of aliphatic hydroxyl groups excluding tert-OH is 2. The maximum absolute atomic E-state index is 11.7. The van der Waals surface area contributed by atoms with Crippen LogP contribution in [0.2, 0.25) is 0 Å². The van der Waals surface area contributed by atoms with Crippen molar-refractivity contribution in [1.82, 2.24) is 4.98 Å². The van der Waals surface area contributed by atoms with E-state index in [0.717, 1.165) is 0 Å². The third-order valence-corrected chi connectivity index (χ3v) is 3.02. The van der Waals surface area contributed by atoms with Gasteiger partial charge >= 0.3 is 11.9 Å². The zero-order chi connectivity index (χ0) is 15.4. The van der Waals surface area contributed by atoms with Crippen LogP contribution in [0.25, 0.3) is 0 Å². The van der Waals surface area contributed by atoms with Gasteiger partial charge in [0.15, 0.2) is 0 Å². The minimum atomic E-state index is -1.45. The number of H-pyrrole nitrogens is 1. The number of aliphatic hydroxyl groups is 2. The fourth-order valence-corrected chi connectivity index (χ4v) is 2.10. The third kappa shape index (κ3) is 3.37. The van der Waals surface area contributed by atoms with E-state index in [4.69, 9.17) is 9.84 Å². The van der Waals surface area contributed by atoms with Crippen LogP contribution in [-0.4, -0.2) is 45.0 Å². The van der Waals surface area contributed by atoms with Gasteiger partial charge in [0.1, 0.15) is 11.8 Å². The zero-order valence-electron chi connectivity index (χ0n) is 11.6. The normalized spacial score (nSPS) is 13.8. The van der Waals surface area contributed by atoms with Gasteiger partial charge in [-0.1, -0.05) is 0 Å². The van der Waals surface area contributed by atoms with Gasteiger partial charge in [-0.2, -0.15) is 0 Å². The number of carboxylic acids is 1. The molecule has 0 spiro atoms. The van der Waals surface area contributed by atoms with Crippen LogP contribution in [0.5, 0.6) is 0 Å². The number of hydrogen-bond acceptors (Lipinski definition) is 5. The molecule has 0 aliphatic rings. The Morgan fingerprint density at radius 3 is 2.40 bits per heavy atom. The van der Waals surface area contributed by atoms with Crippen LogP contribution < -0.4 is 0 Å². The number of aryl methyl sites for hydroxylation is 1. The molecule has 4 N–H and O–H groups in total. The maximum Gasteiger partial charge on any atom is 0.355 e. The van der Waals surface area contributed by atoms with Gasteiger partial charge in [0.25, 0.3) is 0 Å². The second-order valence-corrected chi connectivity index (χ2v) is 4.49. The first-order valence-corrected chi connectivity index (χ1v) is 6.23. The summed E-state index contributed by atoms with van der Waals surface area (Å²) < 4.78 is 4.87. The molecule has 0 saturated carbocycles. The van der Waals surface area contributed by atoms with Crippen molar-refractivity contribution >= 4 is 11.9 Å². The Labute approximate surface area is 116 Å². The first-order chi connectivity index (χ1) is 9.29. The molecule has 1 heterocycles. The predicted octanol–water partition coefficient (Wildman–Crippen LogP) is 0.677. The van der Waals surface area contributed by atoms with Gasteiger partial charge in [0.05, 0.1) is 19.1 Å². The van der Waals surface area contributed by atoms with Gasteiger partial charge in [-0.25, -0.2) is 4.79 Å². The van der Waals surface area contributed by atoms with Gasteiger partial charge in [-0.3, -0.25) is 4.79 Å². The number of aliphatic carboxylic acids is 1. The molecule has 0 amide bonds. The molecule has 1 aromatic heterocycles. The van der Waals surface area contributed by atoms with Crippen molar-refractivity contribution in [2.45, 2.75) is 39.4 Å². The summed E-state index contributed by atoms with van der Waals surface area (Å²) in [4.78, 5) is 25.1. The number of hydrogen-bond donors (Lipinski definition) is 4. The van der Waals surface area contributed by atoms with Gasteiger partial charge < -0.3 is 25.0 Å². The molecule has 0 radical (unpaired) electrons. The number of carbonyl (C=O) groups is 2. The molecular weight excluding hydrogens is 266 g/mol. The lowest BCUT2D eigenvalue weighted by atomic mass is 9.98. The predicted molar refractivity (Wildman–Crippen MR) is 69.4 cm³/mol. The Morgan fingerprint density at radius 1 is 1.30 bits per heavy atom. The van der Waals surface area contributed by atoms with Crippen molar-refractivity contribution in [3.63, 3.8) is 0 Å². The topological polar surface area (TPSA) is 120 Å². The van der Waals surface area contributed by atoms with E-state index in [1.807, 2.05) is 0 Å². The van der Waals surface area contributed by atoms with E-state index in [0.29, 0.717) is 16.8 Å². The van der Waals surface area contributed by atoms with Gasteiger partial charge in [0.2, 0.25) is 0 Å². The monoisotopic (exact) mass is 285 g/mol. The highest BCUT2D eigenvalue weighted by Crippen LogP contribution is 2.28. The molecular formula is C13H19NO6. The minimum absolute atomic E-state index is 0.195. The number of nitrogens with one attached hydrogen (secondary N) is 1. The van der Waals surface area contributed by atoms with Gasteiger partial charge in [-0.15, -0.1) is 0 Å². The molecule has 112 valence electrons. The molecule has 1 rings (SSSR count). The summed E-state index contributed by atoms with van der Waals surface area (Å²) in [5.41, 5.74) is 1.45. The standard InChI is InChI=1S/C13H19NO6/c1-4-20-13(19)11-6(2)10(7(3)14-11)12(18)8(15)5-9(16)17/h8,12,14-15,18H,4-5H2,1-3H3,(H,16,17). The number of esters is 1. The third-order valence-electron chi connectivity index (χ3n) is 3.02. The SMILES string of the molecule is CCOC(=O)c1[nH]c(C)c(C(O)C(O)CC(=O)O)c1C. The fraction of sp³-hybridized carbons (Fsp3) is 0.538. The Bertz CT molecular complexity index is 507. The largest absolute Gasteiger partial charge is 0.481 e. The second-order valence-electron chi connectivity index (χ2n) is 4.49. The van der Waals surface area contributed by atoms with E-state index >= 15 is 0 Å². The van der Waals surface area contributed by atoms with Crippen molar-refractivity contribution in [3.8, 4) is 0 Å². The van der Waals surface area contributed by atoms with E-state index in [-0.39, 0.29) is 12.3 Å². The van der Waals surface area contributed by atoms with Gasteiger partial charge in [-0.05, 0) is 26.3 Å². The van der Waals surface area contributed by atoms with Crippen molar-refractivity contribution in [3.05, 3.63) is 22.5 Å². The van der Waals surface area contributed by atoms with E-state index < -0.39 is 30.6 Å². The molecule has 2 unspecified atom stereocenters. The first-order valence-electron chi connectivity index (χ1n) is 6.23. The molecule has 0 saturated heterocycles. The van der Waals surface area contributed by atoms with Crippen molar-refractivity contribution in [2.75, 3.05) is 6.61 Å². The lowest BCUT2D eigenvalue weighted by Crippen LogP contribution is -2.22. The highest BCUT2D eigenvalue weighted by Gasteiger charge is 2.28. The highest BCUT2D eigenvalue weighted by molar-refractivity contribution is 5.89. The number of aromatic nitrogens is 1. The number of ether oxygens (including phenoxy) is 1. The molecule has 0 aliphatic heterocycles. The number of carboxylic acid groups (broad SMARTS) is 1. The van der Waals surface area contributed by atoms with Crippen LogP contribution in [0, 0.1) is 13.8 Å². The Hall–Kier alpha value is -1.86. The van der Waals surface area contributed by atoms with Crippen molar-refractivity contribution < 1.29 is 29.6 Å².